The van der Waals surface area contributed by atoms with Crippen LogP contribution in [0.5, 0.6) is 0 Å². The molecule has 1 aliphatic rings. The number of benzene rings is 4. The van der Waals surface area contributed by atoms with E-state index in [1.54, 1.807) is 25.1 Å². The summed E-state index contributed by atoms with van der Waals surface area (Å²) in [5.41, 5.74) is 1.29. The number of likely N-dealkylation sites (N-methyl/N-ethyl adjacent to an activating group) is 1. The Morgan fingerprint density at radius 3 is 2.12 bits per heavy atom. The molecule has 1 fully saturated rings. The topological polar surface area (TPSA) is 203 Å². The molecule has 0 aliphatic carbocycles. The van der Waals surface area contributed by atoms with Crippen LogP contribution in [0.25, 0.3) is 10.8 Å². The zero-order valence-electron chi connectivity index (χ0n) is 31.9. The van der Waals surface area contributed by atoms with E-state index in [4.69, 9.17) is 43.6 Å². The number of hydrogen-bond acceptors (Lipinski definition) is 8. The molecule has 1 saturated heterocycles. The van der Waals surface area contributed by atoms with Crippen molar-refractivity contribution < 1.29 is 39.6 Å². The molecule has 1 atom stereocenters. The molecule has 1 heterocycles. The Morgan fingerprint density at radius 2 is 1.54 bits per heavy atom. The second kappa shape index (κ2) is 19.4. The van der Waals surface area contributed by atoms with Crippen LogP contribution >= 0.6 is 23.2 Å². The number of hydroxylamine groups is 2. The van der Waals surface area contributed by atoms with Crippen LogP contribution in [-0.4, -0.2) is 107 Å². The summed E-state index contributed by atoms with van der Waals surface area (Å²) < 4.78 is -0.426. The molecular weight excluding hydrogens is 775 g/mol. The van der Waals surface area contributed by atoms with E-state index >= 15 is 0 Å². The SMILES string of the molecule is CN(C[C@@H](CCN1CCC(c2ccccc2[N+](C)(C)[O-])CC1)c1ccc(Cl)c(Cl)c1)C(=O)c1cc(C#N)cc2ccccc12.O=C(O)CC(O)(CC(=O)O)C(=O)O. The van der Waals surface area contributed by atoms with E-state index in [0.29, 0.717) is 33.6 Å². The number of amides is 1. The number of halogens is 2. The fraction of sp³-hybridized carbons (Fsp3) is 0.357. The third-order valence-electron chi connectivity index (χ3n) is 10.1. The number of nitrogens with zero attached hydrogens (tertiary/aromatic N) is 4. The number of para-hydroxylation sites is 1. The Balaban J connectivity index is 0.000000476. The first-order valence-corrected chi connectivity index (χ1v) is 19.0. The fourth-order valence-corrected chi connectivity index (χ4v) is 7.45. The number of rotatable bonds is 14. The molecule has 15 heteroatoms. The van der Waals surface area contributed by atoms with Gasteiger partial charge >= 0.3 is 17.9 Å². The number of quaternary nitrogens is 1. The molecule has 5 rings (SSSR count). The van der Waals surface area contributed by atoms with E-state index < -0.39 is 41.0 Å². The maximum atomic E-state index is 13.8. The quantitative estimate of drug-likeness (QED) is 0.0757. The van der Waals surface area contributed by atoms with Crippen LogP contribution in [0.15, 0.2) is 78.9 Å². The van der Waals surface area contributed by atoms with Gasteiger partial charge in [-0.05, 0) is 91.5 Å². The van der Waals surface area contributed by atoms with Crippen molar-refractivity contribution in [2.24, 2.45) is 0 Å². The predicted octanol–water partition coefficient (Wildman–Crippen LogP) is 6.96. The van der Waals surface area contributed by atoms with Crippen molar-refractivity contribution in [3.05, 3.63) is 116 Å². The van der Waals surface area contributed by atoms with Crippen LogP contribution in [0.2, 0.25) is 10.0 Å². The van der Waals surface area contributed by atoms with Crippen molar-refractivity contribution in [2.45, 2.75) is 49.5 Å². The van der Waals surface area contributed by atoms with Gasteiger partial charge in [0.25, 0.3) is 5.91 Å². The molecule has 0 spiro atoms. The van der Waals surface area contributed by atoms with Crippen LogP contribution in [-0.2, 0) is 14.4 Å². The highest BCUT2D eigenvalue weighted by atomic mass is 35.5. The smallest absolute Gasteiger partial charge is 0.336 e. The standard InChI is InChI=1S/C36H38Cl2N4O2.C6H8O7/c1-40(36(43)32-21-25(23-39)20-28-8-4-5-9-30(28)32)24-29(27-12-13-33(37)34(38)22-27)16-19-41-17-14-26(15-18-41)31-10-6-7-11-35(31)42(2,3)44;7-3(8)1-6(13,5(11)12)2-4(9)10/h4-13,20-22,26,29H,14-19,24H2,1-3H3;13H,1-2H2,(H,7,8)(H,9,10)(H,11,12)/t29-;/m1./s1. The molecule has 57 heavy (non-hydrogen) atoms. The number of likely N-dealkylation sites (tertiary alicyclic amines) is 1. The zero-order valence-corrected chi connectivity index (χ0v) is 33.4. The van der Waals surface area contributed by atoms with E-state index in [2.05, 4.69) is 17.0 Å². The number of aliphatic carboxylic acids is 3. The summed E-state index contributed by atoms with van der Waals surface area (Å²) in [4.78, 5) is 48.5. The highest BCUT2D eigenvalue weighted by Gasteiger charge is 2.40. The number of carbonyl (C=O) groups excluding carboxylic acids is 1. The van der Waals surface area contributed by atoms with Gasteiger partial charge in [0.2, 0.25) is 0 Å². The molecule has 1 aliphatic heterocycles. The van der Waals surface area contributed by atoms with Gasteiger partial charge in [-0.25, -0.2) is 4.79 Å². The van der Waals surface area contributed by atoms with Gasteiger partial charge in [0.05, 0.1) is 48.6 Å². The Bertz CT molecular complexity index is 2130. The average Bonchev–Trinajstić information content (AvgIpc) is 3.16. The second-order valence-corrected chi connectivity index (χ2v) is 15.5. The van der Waals surface area contributed by atoms with Gasteiger partial charge in [0, 0.05) is 30.6 Å². The Kier molecular flexibility index (Phi) is 15.2. The molecule has 4 N–H and O–H groups in total. The van der Waals surface area contributed by atoms with Crippen LogP contribution in [0.3, 0.4) is 0 Å². The summed E-state index contributed by atoms with van der Waals surface area (Å²) in [6.07, 6.45) is 0.536. The van der Waals surface area contributed by atoms with Gasteiger partial charge in [0.15, 0.2) is 5.60 Å². The second-order valence-electron chi connectivity index (χ2n) is 14.7. The molecule has 302 valence electrons. The maximum absolute atomic E-state index is 13.8. The van der Waals surface area contributed by atoms with Crippen LogP contribution in [0.1, 0.15) is 71.0 Å². The fourth-order valence-electron chi connectivity index (χ4n) is 7.14. The van der Waals surface area contributed by atoms with Gasteiger partial charge in [0.1, 0.15) is 5.69 Å². The molecule has 0 aromatic heterocycles. The van der Waals surface area contributed by atoms with E-state index in [0.717, 1.165) is 66.5 Å². The van der Waals surface area contributed by atoms with Gasteiger partial charge in [-0.3, -0.25) is 14.4 Å². The summed E-state index contributed by atoms with van der Waals surface area (Å²) in [5.74, 6) is -4.75. The Morgan fingerprint density at radius 1 is 0.930 bits per heavy atom. The number of piperidine rings is 1. The summed E-state index contributed by atoms with van der Waals surface area (Å²) >= 11 is 12.7. The number of carboxylic acids is 3. The Labute approximate surface area is 341 Å². The minimum absolute atomic E-state index is 0.0288. The van der Waals surface area contributed by atoms with Crippen LogP contribution in [0.4, 0.5) is 5.69 Å². The van der Waals surface area contributed by atoms with E-state index in [1.165, 1.54) is 0 Å². The normalized spacial score (nSPS) is 14.2. The van der Waals surface area contributed by atoms with Crippen LogP contribution in [0, 0.1) is 16.5 Å². The van der Waals surface area contributed by atoms with Crippen molar-refractivity contribution >= 4 is 63.5 Å². The monoisotopic (exact) mass is 820 g/mol. The third kappa shape index (κ3) is 12.0. The van der Waals surface area contributed by atoms with Crippen molar-refractivity contribution in [1.82, 2.24) is 14.4 Å². The molecule has 0 saturated carbocycles. The van der Waals surface area contributed by atoms with E-state index in [1.807, 2.05) is 73.8 Å². The molecule has 13 nitrogen and oxygen atoms in total. The molecular formula is C42H46Cl2N4O9. The summed E-state index contributed by atoms with van der Waals surface area (Å²) in [6, 6.07) is 27.1. The molecule has 0 unspecified atom stereocenters. The van der Waals surface area contributed by atoms with Crippen molar-refractivity contribution in [3.8, 4) is 6.07 Å². The lowest BCUT2D eigenvalue weighted by atomic mass is 9.87. The lowest BCUT2D eigenvalue weighted by molar-refractivity contribution is -0.170. The predicted molar refractivity (Wildman–Crippen MR) is 218 cm³/mol. The molecule has 0 radical (unpaired) electrons. The number of hydrogen-bond donors (Lipinski definition) is 4. The minimum Gasteiger partial charge on any atom is -0.628 e. The van der Waals surface area contributed by atoms with Gasteiger partial charge in [-0.1, -0.05) is 71.7 Å². The first kappa shape index (κ1) is 44.6. The summed E-state index contributed by atoms with van der Waals surface area (Å²) in [7, 11) is 5.18. The average molecular weight is 822 g/mol. The molecule has 4 aromatic carbocycles. The number of carboxylic acid groups (broad SMARTS) is 3. The van der Waals surface area contributed by atoms with Crippen molar-refractivity contribution in [3.63, 3.8) is 0 Å². The lowest BCUT2D eigenvalue weighted by Crippen LogP contribution is -2.42. The largest absolute Gasteiger partial charge is 0.628 e. The van der Waals surface area contributed by atoms with E-state index in [9.17, 15) is 29.6 Å². The van der Waals surface area contributed by atoms with Gasteiger partial charge < -0.3 is 40.1 Å². The highest BCUT2D eigenvalue weighted by molar-refractivity contribution is 6.42. The van der Waals surface area contributed by atoms with Crippen molar-refractivity contribution in [2.75, 3.05) is 47.3 Å². The minimum atomic E-state index is -2.74. The maximum Gasteiger partial charge on any atom is 0.336 e. The van der Waals surface area contributed by atoms with Gasteiger partial charge in [-0.2, -0.15) is 5.26 Å². The van der Waals surface area contributed by atoms with Crippen LogP contribution < -0.4 is 4.65 Å². The lowest BCUT2D eigenvalue weighted by Gasteiger charge is -2.38. The summed E-state index contributed by atoms with van der Waals surface area (Å²) in [5, 5.41) is 58.9. The third-order valence-corrected chi connectivity index (χ3v) is 10.8. The number of nitriles is 1. The molecule has 4 aromatic rings. The number of carbonyl (C=O) groups is 4. The van der Waals surface area contributed by atoms with Crippen molar-refractivity contribution in [1.29, 1.82) is 5.26 Å². The first-order chi connectivity index (χ1) is 26.8. The summed E-state index contributed by atoms with van der Waals surface area (Å²) in [6.45, 7) is 3.25. The first-order valence-electron chi connectivity index (χ1n) is 18.2. The molecule has 1 amide bonds. The Hall–Kier alpha value is -5.07. The zero-order chi connectivity index (χ0) is 42.1. The number of fused-ring (bicyclic) bond motifs is 1. The van der Waals surface area contributed by atoms with Gasteiger partial charge in [-0.15, -0.1) is 0 Å². The molecule has 0 bridgehead atoms. The van der Waals surface area contributed by atoms with E-state index in [-0.39, 0.29) is 11.8 Å². The number of aliphatic hydroxyl groups is 1. The highest BCUT2D eigenvalue weighted by Crippen LogP contribution is 2.37.